The lowest BCUT2D eigenvalue weighted by Crippen LogP contribution is -2.19. The Morgan fingerprint density at radius 2 is 2.21 bits per heavy atom. The van der Waals surface area contributed by atoms with E-state index in [-0.39, 0.29) is 23.9 Å². The summed E-state index contributed by atoms with van der Waals surface area (Å²) >= 11 is 6.41. The summed E-state index contributed by atoms with van der Waals surface area (Å²) in [5, 5.41) is 9.11. The van der Waals surface area contributed by atoms with Gasteiger partial charge in [0, 0.05) is 11.6 Å². The first-order valence-electron chi connectivity index (χ1n) is 7.06. The zero-order chi connectivity index (χ0) is 16.9. The van der Waals surface area contributed by atoms with Crippen LogP contribution in [0.1, 0.15) is 11.5 Å². The molecular formula is C15H14N4O3S2. The van der Waals surface area contributed by atoms with Crippen LogP contribution in [0.4, 0.5) is 5.13 Å². The van der Waals surface area contributed by atoms with Crippen molar-refractivity contribution in [2.45, 2.75) is 20.1 Å². The van der Waals surface area contributed by atoms with Crippen molar-refractivity contribution in [3.63, 3.8) is 0 Å². The van der Waals surface area contributed by atoms with Gasteiger partial charge in [0.1, 0.15) is 12.3 Å². The lowest BCUT2D eigenvalue weighted by molar-refractivity contribution is -0.117. The van der Waals surface area contributed by atoms with Crippen LogP contribution in [0.5, 0.6) is 5.75 Å². The number of carbonyl (C=O) groups excluding carboxylic acids is 1. The van der Waals surface area contributed by atoms with Gasteiger partial charge in [0.2, 0.25) is 5.91 Å². The maximum absolute atomic E-state index is 11.9. The molecule has 7 nitrogen and oxygen atoms in total. The number of amides is 1. The summed E-state index contributed by atoms with van der Waals surface area (Å²) in [6, 6.07) is 7.63. The van der Waals surface area contributed by atoms with Gasteiger partial charge in [-0.05, 0) is 31.3 Å². The van der Waals surface area contributed by atoms with E-state index in [1.807, 2.05) is 31.2 Å². The average Bonchev–Trinajstić information content (AvgIpc) is 3.17. The normalized spacial score (nSPS) is 10.5. The van der Waals surface area contributed by atoms with Crippen LogP contribution in [0.3, 0.4) is 0 Å². The minimum Gasteiger partial charge on any atom is -0.484 e. The van der Waals surface area contributed by atoms with E-state index < -0.39 is 0 Å². The topological polar surface area (TPSA) is 82.2 Å². The van der Waals surface area contributed by atoms with Crippen LogP contribution < -0.4 is 10.1 Å². The number of carbonyl (C=O) groups is 1. The molecule has 124 valence electrons. The summed E-state index contributed by atoms with van der Waals surface area (Å²) in [7, 11) is 0. The van der Waals surface area contributed by atoms with Crippen molar-refractivity contribution >= 4 is 34.6 Å². The van der Waals surface area contributed by atoms with E-state index in [9.17, 15) is 4.79 Å². The monoisotopic (exact) mass is 362 g/mol. The molecular weight excluding hydrogens is 348 g/mol. The Bertz CT molecular complexity index is 869. The molecule has 2 aromatic heterocycles. The fraction of sp³-hybridized carbons (Fsp3) is 0.200. The third-order valence-electron chi connectivity index (χ3n) is 3.00. The second kappa shape index (κ2) is 7.37. The molecule has 0 radical (unpaired) electrons. The number of hydrogen-bond donors (Lipinski definition) is 1. The maximum atomic E-state index is 11.9. The number of aromatic nitrogens is 3. The number of rotatable bonds is 6. The fourth-order valence-electron chi connectivity index (χ4n) is 1.87. The molecule has 0 aliphatic rings. The third-order valence-corrected chi connectivity index (χ3v) is 3.99. The SMILES string of the molecule is Cc1ccc(OCc2nn(CC(=O)Nc3nccs3)c(=S)o2)cc1. The summed E-state index contributed by atoms with van der Waals surface area (Å²) in [6.07, 6.45) is 1.61. The van der Waals surface area contributed by atoms with Crippen LogP contribution in [0.15, 0.2) is 40.3 Å². The molecule has 0 bridgehead atoms. The molecule has 0 atom stereocenters. The molecule has 9 heteroatoms. The van der Waals surface area contributed by atoms with Crippen molar-refractivity contribution in [1.82, 2.24) is 14.8 Å². The highest BCUT2D eigenvalue weighted by Crippen LogP contribution is 2.14. The van der Waals surface area contributed by atoms with Gasteiger partial charge in [-0.3, -0.25) is 4.79 Å². The van der Waals surface area contributed by atoms with Gasteiger partial charge in [0.25, 0.3) is 10.7 Å². The van der Waals surface area contributed by atoms with Crippen molar-refractivity contribution in [3.05, 3.63) is 52.1 Å². The molecule has 0 unspecified atom stereocenters. The Labute approximate surface area is 146 Å². The van der Waals surface area contributed by atoms with E-state index in [4.69, 9.17) is 21.4 Å². The van der Waals surface area contributed by atoms with Gasteiger partial charge in [0.15, 0.2) is 11.7 Å². The predicted molar refractivity (Wildman–Crippen MR) is 91.6 cm³/mol. The van der Waals surface area contributed by atoms with Gasteiger partial charge in [-0.2, -0.15) is 0 Å². The van der Waals surface area contributed by atoms with Crippen molar-refractivity contribution in [2.75, 3.05) is 5.32 Å². The molecule has 0 aliphatic carbocycles. The predicted octanol–water partition coefficient (Wildman–Crippen LogP) is 3.19. The first-order chi connectivity index (χ1) is 11.6. The molecule has 3 aromatic rings. The van der Waals surface area contributed by atoms with Crippen LogP contribution in [0, 0.1) is 11.8 Å². The molecule has 2 heterocycles. The number of ether oxygens (including phenoxy) is 1. The second-order valence-corrected chi connectivity index (χ2v) is 6.15. The largest absolute Gasteiger partial charge is 0.484 e. The maximum Gasteiger partial charge on any atom is 0.287 e. The highest BCUT2D eigenvalue weighted by molar-refractivity contribution is 7.71. The Kier molecular flexibility index (Phi) is 5.02. The first kappa shape index (κ1) is 16.3. The van der Waals surface area contributed by atoms with Gasteiger partial charge in [0.05, 0.1) is 0 Å². The van der Waals surface area contributed by atoms with Gasteiger partial charge in [-0.25, -0.2) is 9.67 Å². The molecule has 3 rings (SSSR count). The standard InChI is InChI=1S/C15H14N4O3S2/c1-10-2-4-11(5-3-10)21-9-13-18-19(15(23)22-13)8-12(20)17-14-16-6-7-24-14/h2-7H,8-9H2,1H3,(H,16,17,20). The Hall–Kier alpha value is -2.52. The van der Waals surface area contributed by atoms with E-state index in [0.717, 1.165) is 5.56 Å². The van der Waals surface area contributed by atoms with Crippen molar-refractivity contribution < 1.29 is 13.9 Å². The second-order valence-electron chi connectivity index (χ2n) is 4.91. The van der Waals surface area contributed by atoms with Crippen LogP contribution in [0.2, 0.25) is 0 Å². The van der Waals surface area contributed by atoms with E-state index >= 15 is 0 Å². The highest BCUT2D eigenvalue weighted by atomic mass is 32.1. The summed E-state index contributed by atoms with van der Waals surface area (Å²) in [5.74, 6) is 0.737. The fourth-order valence-corrected chi connectivity index (χ4v) is 2.61. The lowest BCUT2D eigenvalue weighted by Gasteiger charge is -2.03. The van der Waals surface area contributed by atoms with Gasteiger partial charge in [-0.1, -0.05) is 17.7 Å². The summed E-state index contributed by atoms with van der Waals surface area (Å²) in [6.45, 7) is 2.08. The summed E-state index contributed by atoms with van der Waals surface area (Å²) in [5.41, 5.74) is 1.15. The molecule has 0 aliphatic heterocycles. The van der Waals surface area contributed by atoms with Gasteiger partial charge < -0.3 is 14.5 Å². The number of thiazole rings is 1. The van der Waals surface area contributed by atoms with Crippen molar-refractivity contribution in [2.24, 2.45) is 0 Å². The van der Waals surface area contributed by atoms with E-state index in [1.54, 1.807) is 11.6 Å². The zero-order valence-corrected chi connectivity index (χ0v) is 14.4. The molecule has 1 aromatic carbocycles. The molecule has 0 fully saturated rings. The number of nitrogens with one attached hydrogen (secondary N) is 1. The van der Waals surface area contributed by atoms with Gasteiger partial charge in [-0.15, -0.1) is 16.4 Å². The lowest BCUT2D eigenvalue weighted by atomic mass is 10.2. The summed E-state index contributed by atoms with van der Waals surface area (Å²) < 4.78 is 12.2. The smallest absolute Gasteiger partial charge is 0.287 e. The minimum absolute atomic E-state index is 0.0492. The number of hydrogen-bond acceptors (Lipinski definition) is 7. The number of nitrogens with zero attached hydrogens (tertiary/aromatic N) is 3. The first-order valence-corrected chi connectivity index (χ1v) is 8.34. The average molecular weight is 362 g/mol. The third kappa shape index (κ3) is 4.27. The molecule has 0 saturated carbocycles. The van der Waals surface area contributed by atoms with E-state index in [2.05, 4.69) is 15.4 Å². The van der Waals surface area contributed by atoms with Crippen LogP contribution in [-0.2, 0) is 17.9 Å². The number of anilines is 1. The number of aryl methyl sites for hydroxylation is 1. The van der Waals surface area contributed by atoms with Crippen LogP contribution in [0.25, 0.3) is 0 Å². The Morgan fingerprint density at radius 3 is 2.92 bits per heavy atom. The van der Waals surface area contributed by atoms with Crippen LogP contribution >= 0.6 is 23.6 Å². The van der Waals surface area contributed by atoms with Crippen molar-refractivity contribution in [1.29, 1.82) is 0 Å². The van der Waals surface area contributed by atoms with E-state index in [1.165, 1.54) is 16.0 Å². The highest BCUT2D eigenvalue weighted by Gasteiger charge is 2.11. The van der Waals surface area contributed by atoms with Crippen LogP contribution in [-0.4, -0.2) is 20.7 Å². The molecule has 0 saturated heterocycles. The molecule has 1 amide bonds. The number of benzene rings is 1. The Morgan fingerprint density at radius 1 is 1.42 bits per heavy atom. The van der Waals surface area contributed by atoms with Gasteiger partial charge >= 0.3 is 0 Å². The van der Waals surface area contributed by atoms with Crippen molar-refractivity contribution in [3.8, 4) is 5.75 Å². The minimum atomic E-state index is -0.277. The van der Waals surface area contributed by atoms with E-state index in [0.29, 0.717) is 16.8 Å². The summed E-state index contributed by atoms with van der Waals surface area (Å²) in [4.78, 5) is 16.0. The molecule has 0 spiro atoms. The Balaban J connectivity index is 1.59. The zero-order valence-electron chi connectivity index (χ0n) is 12.8. The quantitative estimate of drug-likeness (QED) is 0.678. The molecule has 1 N–H and O–H groups in total. The molecule has 24 heavy (non-hydrogen) atoms.